The number of methoxy groups -OCH3 is 1. The number of halogens is 1. The maximum Gasteiger partial charge on any atom is 0.123 e. The number of aromatic hydroxyl groups is 1. The number of hydrogen-bond acceptors (Lipinski definition) is 3. The Morgan fingerprint density at radius 3 is 2.83 bits per heavy atom. The van der Waals surface area contributed by atoms with Crippen molar-refractivity contribution in [1.82, 2.24) is 5.32 Å². The molecule has 2 rings (SSSR count). The molecule has 1 aromatic rings. The first-order chi connectivity index (χ1) is 8.45. The Labute approximate surface area is 107 Å². The topological polar surface area (TPSA) is 41.5 Å². The Bertz CT molecular complexity index is 434. The lowest BCUT2D eigenvalue weighted by atomic mass is 9.64. The molecule has 0 aliphatic heterocycles. The van der Waals surface area contributed by atoms with Crippen molar-refractivity contribution in [2.75, 3.05) is 7.11 Å². The quantitative estimate of drug-likeness (QED) is 0.866. The monoisotopic (exact) mass is 253 g/mol. The predicted octanol–water partition coefficient (Wildman–Crippen LogP) is 2.43. The van der Waals surface area contributed by atoms with Gasteiger partial charge in [0.15, 0.2) is 0 Å². The highest BCUT2D eigenvalue weighted by atomic mass is 19.1. The fraction of sp³-hybridized carbons (Fsp3) is 0.571. The summed E-state index contributed by atoms with van der Waals surface area (Å²) in [5, 5.41) is 13.0. The number of benzene rings is 1. The molecule has 0 aromatic heterocycles. The lowest BCUT2D eigenvalue weighted by molar-refractivity contribution is -0.0979. The molecule has 1 aliphatic rings. The first-order valence-electron chi connectivity index (χ1n) is 6.18. The van der Waals surface area contributed by atoms with E-state index in [-0.39, 0.29) is 23.1 Å². The molecule has 100 valence electrons. The van der Waals surface area contributed by atoms with Crippen molar-refractivity contribution in [3.8, 4) is 5.75 Å². The van der Waals surface area contributed by atoms with Crippen LogP contribution < -0.4 is 5.32 Å². The molecule has 0 amide bonds. The lowest BCUT2D eigenvalue weighted by Gasteiger charge is -2.51. The van der Waals surface area contributed by atoms with Gasteiger partial charge in [0.25, 0.3) is 0 Å². The van der Waals surface area contributed by atoms with Gasteiger partial charge < -0.3 is 15.2 Å². The molecule has 2 unspecified atom stereocenters. The summed E-state index contributed by atoms with van der Waals surface area (Å²) in [6.07, 6.45) is 1.20. The average Bonchev–Trinajstić information content (AvgIpc) is 2.32. The second kappa shape index (κ2) is 4.86. The third-order valence-corrected chi connectivity index (χ3v) is 4.04. The number of nitrogens with one attached hydrogen (secondary N) is 1. The van der Waals surface area contributed by atoms with Crippen LogP contribution in [0.1, 0.15) is 25.8 Å². The van der Waals surface area contributed by atoms with Gasteiger partial charge in [0.1, 0.15) is 11.6 Å². The molecule has 2 atom stereocenters. The molecule has 18 heavy (non-hydrogen) atoms. The second-order valence-electron chi connectivity index (χ2n) is 5.49. The number of rotatable bonds is 4. The van der Waals surface area contributed by atoms with Gasteiger partial charge >= 0.3 is 0 Å². The Hall–Kier alpha value is -1.13. The van der Waals surface area contributed by atoms with Crippen LogP contribution in [-0.4, -0.2) is 24.4 Å². The lowest BCUT2D eigenvalue weighted by Crippen LogP contribution is -2.60. The molecule has 3 nitrogen and oxygen atoms in total. The fourth-order valence-corrected chi connectivity index (χ4v) is 2.56. The van der Waals surface area contributed by atoms with E-state index >= 15 is 0 Å². The minimum Gasteiger partial charge on any atom is -0.508 e. The van der Waals surface area contributed by atoms with E-state index in [4.69, 9.17) is 4.74 Å². The van der Waals surface area contributed by atoms with Crippen LogP contribution in [0.4, 0.5) is 4.39 Å². The Balaban J connectivity index is 1.95. The van der Waals surface area contributed by atoms with E-state index < -0.39 is 0 Å². The molecule has 4 heteroatoms. The maximum absolute atomic E-state index is 13.1. The first kappa shape index (κ1) is 13.3. The first-order valence-corrected chi connectivity index (χ1v) is 6.18. The third-order valence-electron chi connectivity index (χ3n) is 4.04. The van der Waals surface area contributed by atoms with Crippen LogP contribution in [0.15, 0.2) is 18.2 Å². The molecule has 1 fully saturated rings. The Kier molecular flexibility index (Phi) is 3.59. The highest BCUT2D eigenvalue weighted by Gasteiger charge is 2.48. The summed E-state index contributed by atoms with van der Waals surface area (Å²) >= 11 is 0. The standard InChI is InChI=1S/C14H20FNO2/c1-14(2)12(7-13(14)18-3)16-8-9-6-10(15)4-5-11(9)17/h4-6,12-13,16-17H,7-8H2,1-3H3. The molecule has 1 aliphatic carbocycles. The summed E-state index contributed by atoms with van der Waals surface area (Å²) in [4.78, 5) is 0. The Morgan fingerprint density at radius 1 is 1.50 bits per heavy atom. The molecular weight excluding hydrogens is 233 g/mol. The normalized spacial score (nSPS) is 25.8. The molecule has 0 saturated heterocycles. The van der Waals surface area contributed by atoms with Crippen LogP contribution in [0.2, 0.25) is 0 Å². The van der Waals surface area contributed by atoms with Crippen molar-refractivity contribution in [2.24, 2.45) is 5.41 Å². The third kappa shape index (κ3) is 2.35. The van der Waals surface area contributed by atoms with Crippen molar-refractivity contribution in [1.29, 1.82) is 0 Å². The number of hydrogen-bond donors (Lipinski definition) is 2. The average molecular weight is 253 g/mol. The van der Waals surface area contributed by atoms with E-state index in [2.05, 4.69) is 19.2 Å². The van der Waals surface area contributed by atoms with Gasteiger partial charge in [-0.15, -0.1) is 0 Å². The SMILES string of the molecule is COC1CC(NCc2cc(F)ccc2O)C1(C)C. The molecule has 0 bridgehead atoms. The highest BCUT2D eigenvalue weighted by Crippen LogP contribution is 2.42. The van der Waals surface area contributed by atoms with Gasteiger partial charge in [-0.2, -0.15) is 0 Å². The molecule has 0 heterocycles. The summed E-state index contributed by atoms with van der Waals surface area (Å²) < 4.78 is 18.5. The van der Waals surface area contributed by atoms with Crippen LogP contribution in [-0.2, 0) is 11.3 Å². The minimum absolute atomic E-state index is 0.0672. The summed E-state index contributed by atoms with van der Waals surface area (Å²) in [7, 11) is 1.72. The van der Waals surface area contributed by atoms with Crippen LogP contribution in [0.25, 0.3) is 0 Å². The summed E-state index contributed by atoms with van der Waals surface area (Å²) in [5.74, 6) is -0.198. The summed E-state index contributed by atoms with van der Waals surface area (Å²) in [6, 6.07) is 4.33. The van der Waals surface area contributed by atoms with E-state index in [0.717, 1.165) is 6.42 Å². The molecular formula is C14H20FNO2. The van der Waals surface area contributed by atoms with Gasteiger partial charge in [-0.3, -0.25) is 0 Å². The zero-order chi connectivity index (χ0) is 13.3. The van der Waals surface area contributed by atoms with Crippen LogP contribution >= 0.6 is 0 Å². The predicted molar refractivity (Wildman–Crippen MR) is 67.9 cm³/mol. The fourth-order valence-electron chi connectivity index (χ4n) is 2.56. The zero-order valence-corrected chi connectivity index (χ0v) is 11.0. The summed E-state index contributed by atoms with van der Waals surface area (Å²) in [5.41, 5.74) is 0.657. The molecule has 2 N–H and O–H groups in total. The van der Waals surface area contributed by atoms with E-state index in [1.807, 2.05) is 0 Å². The largest absolute Gasteiger partial charge is 0.508 e. The Morgan fingerprint density at radius 2 is 2.22 bits per heavy atom. The van der Waals surface area contributed by atoms with Gasteiger partial charge in [0.05, 0.1) is 6.10 Å². The van der Waals surface area contributed by atoms with Gasteiger partial charge in [0.2, 0.25) is 0 Å². The molecule has 0 radical (unpaired) electrons. The molecule has 1 aromatic carbocycles. The van der Waals surface area contributed by atoms with Crippen LogP contribution in [0.5, 0.6) is 5.75 Å². The van der Waals surface area contributed by atoms with Crippen molar-refractivity contribution in [2.45, 2.75) is 39.0 Å². The van der Waals surface area contributed by atoms with E-state index in [1.54, 1.807) is 7.11 Å². The van der Waals surface area contributed by atoms with E-state index in [0.29, 0.717) is 18.2 Å². The van der Waals surface area contributed by atoms with Crippen molar-refractivity contribution in [3.63, 3.8) is 0 Å². The van der Waals surface area contributed by atoms with Crippen molar-refractivity contribution >= 4 is 0 Å². The van der Waals surface area contributed by atoms with E-state index in [1.165, 1.54) is 18.2 Å². The molecule has 0 spiro atoms. The van der Waals surface area contributed by atoms with Crippen LogP contribution in [0, 0.1) is 11.2 Å². The van der Waals surface area contributed by atoms with Crippen molar-refractivity contribution < 1.29 is 14.2 Å². The van der Waals surface area contributed by atoms with Gasteiger partial charge in [-0.05, 0) is 24.6 Å². The van der Waals surface area contributed by atoms with Crippen molar-refractivity contribution in [3.05, 3.63) is 29.6 Å². The van der Waals surface area contributed by atoms with Gasteiger partial charge in [0, 0.05) is 30.7 Å². The smallest absolute Gasteiger partial charge is 0.123 e. The zero-order valence-electron chi connectivity index (χ0n) is 11.0. The van der Waals surface area contributed by atoms with Gasteiger partial charge in [-0.25, -0.2) is 4.39 Å². The van der Waals surface area contributed by atoms with Gasteiger partial charge in [-0.1, -0.05) is 13.8 Å². The minimum atomic E-state index is -0.327. The number of phenolic OH excluding ortho intramolecular Hbond substituents is 1. The number of phenols is 1. The number of ether oxygens (including phenoxy) is 1. The van der Waals surface area contributed by atoms with E-state index in [9.17, 15) is 9.50 Å². The van der Waals surface area contributed by atoms with Crippen LogP contribution in [0.3, 0.4) is 0 Å². The second-order valence-corrected chi connectivity index (χ2v) is 5.49. The maximum atomic E-state index is 13.1. The molecule has 1 saturated carbocycles. The summed E-state index contributed by atoms with van der Waals surface area (Å²) in [6.45, 7) is 4.76. The highest BCUT2D eigenvalue weighted by molar-refractivity contribution is 5.32.